The third-order valence-corrected chi connectivity index (χ3v) is 5.16. The largest absolute Gasteiger partial charge is 0.493 e. The Morgan fingerprint density at radius 1 is 1.11 bits per heavy atom. The van der Waals surface area contributed by atoms with Gasteiger partial charge in [0, 0.05) is 11.9 Å². The lowest BCUT2D eigenvalue weighted by atomic mass is 10.1. The van der Waals surface area contributed by atoms with Crippen LogP contribution >= 0.6 is 11.6 Å². The van der Waals surface area contributed by atoms with Gasteiger partial charge in [-0.3, -0.25) is 0 Å². The van der Waals surface area contributed by atoms with E-state index in [1.54, 1.807) is 0 Å². The number of hydrogen-bond donors (Lipinski definition) is 1. The van der Waals surface area contributed by atoms with Gasteiger partial charge in [0.2, 0.25) is 0 Å². The van der Waals surface area contributed by atoms with E-state index < -0.39 is 10.0 Å². The lowest BCUT2D eigenvalue weighted by molar-refractivity contribution is 0.354. The van der Waals surface area contributed by atoms with Gasteiger partial charge in [-0.25, -0.2) is 4.39 Å². The molecule has 0 aliphatic carbocycles. The van der Waals surface area contributed by atoms with E-state index in [1.807, 2.05) is 0 Å². The van der Waals surface area contributed by atoms with Crippen LogP contribution in [0.1, 0.15) is 18.4 Å². The molecule has 2 aromatic rings. The molecule has 2 rings (SSSR count). The third-order valence-electron chi connectivity index (χ3n) is 3.69. The molecule has 0 spiro atoms. The van der Waals surface area contributed by atoms with Gasteiger partial charge in [0.1, 0.15) is 5.82 Å². The van der Waals surface area contributed by atoms with E-state index in [4.69, 9.17) is 21.1 Å². The van der Waals surface area contributed by atoms with Gasteiger partial charge >= 0.3 is 0 Å². The van der Waals surface area contributed by atoms with Crippen molar-refractivity contribution in [2.75, 3.05) is 20.1 Å². The first-order valence-electron chi connectivity index (χ1n) is 8.03. The molecule has 27 heavy (non-hydrogen) atoms. The summed E-state index contributed by atoms with van der Waals surface area (Å²) in [6.45, 7) is 0. The second-order valence-corrected chi connectivity index (χ2v) is 7.51. The van der Waals surface area contributed by atoms with E-state index in [1.165, 1.54) is 56.7 Å². The Labute approximate surface area is 163 Å². The molecule has 0 unspecified atom stereocenters. The molecule has 0 heterocycles. The molecule has 1 N–H and O–H groups in total. The summed E-state index contributed by atoms with van der Waals surface area (Å²) < 4.78 is 48.5. The molecule has 0 aliphatic rings. The molecule has 2 aromatic carbocycles. The summed E-state index contributed by atoms with van der Waals surface area (Å²) in [5.74, 6) is 0.698. The first kappa shape index (κ1) is 21.0. The molecule has 0 fully saturated rings. The Balaban J connectivity index is 2.31. The van der Waals surface area contributed by atoms with Crippen LogP contribution in [-0.2, 0) is 10.0 Å². The van der Waals surface area contributed by atoms with Gasteiger partial charge in [-0.1, -0.05) is 12.1 Å². The van der Waals surface area contributed by atoms with E-state index in [2.05, 4.69) is 9.93 Å². The molecular weight excluding hydrogens is 395 g/mol. The van der Waals surface area contributed by atoms with E-state index in [-0.39, 0.29) is 16.5 Å². The SMILES string of the molecule is COc1ccc(S(=O)(=O)NN=C(CCCCl)c2ccc(F)cc2)cc1OC. The monoisotopic (exact) mass is 414 g/mol. The smallest absolute Gasteiger partial charge is 0.276 e. The summed E-state index contributed by atoms with van der Waals surface area (Å²) in [4.78, 5) is 2.19. The zero-order valence-electron chi connectivity index (χ0n) is 14.9. The number of nitrogens with one attached hydrogen (secondary N) is 1. The van der Waals surface area contributed by atoms with Crippen LogP contribution in [0.2, 0.25) is 0 Å². The summed E-state index contributed by atoms with van der Waals surface area (Å²) in [6, 6.07) is 9.86. The van der Waals surface area contributed by atoms with Crippen LogP contribution in [0.3, 0.4) is 0 Å². The zero-order chi connectivity index (χ0) is 19.9. The second kappa shape index (κ2) is 9.57. The van der Waals surface area contributed by atoms with Crippen LogP contribution in [-0.4, -0.2) is 34.2 Å². The zero-order valence-corrected chi connectivity index (χ0v) is 16.5. The maximum absolute atomic E-state index is 13.1. The number of hydrazone groups is 1. The van der Waals surface area contributed by atoms with Crippen molar-refractivity contribution in [1.82, 2.24) is 4.83 Å². The highest BCUT2D eigenvalue weighted by Gasteiger charge is 2.17. The average molecular weight is 415 g/mol. The van der Waals surface area contributed by atoms with Crippen molar-refractivity contribution < 1.29 is 22.3 Å². The maximum Gasteiger partial charge on any atom is 0.276 e. The normalized spacial score (nSPS) is 11.9. The Hall–Kier alpha value is -2.32. The van der Waals surface area contributed by atoms with Gasteiger partial charge < -0.3 is 9.47 Å². The lowest BCUT2D eigenvalue weighted by Crippen LogP contribution is -2.21. The third kappa shape index (κ3) is 5.58. The summed E-state index contributed by atoms with van der Waals surface area (Å²) >= 11 is 5.73. The first-order valence-corrected chi connectivity index (χ1v) is 10.1. The van der Waals surface area contributed by atoms with Gasteiger partial charge in [-0.2, -0.15) is 18.4 Å². The number of rotatable bonds is 9. The van der Waals surface area contributed by atoms with E-state index in [9.17, 15) is 12.8 Å². The topological polar surface area (TPSA) is 77.0 Å². The Morgan fingerprint density at radius 2 is 1.78 bits per heavy atom. The lowest BCUT2D eigenvalue weighted by Gasteiger charge is -2.11. The van der Waals surface area contributed by atoms with Crippen molar-refractivity contribution in [1.29, 1.82) is 0 Å². The number of nitrogens with zero attached hydrogens (tertiary/aromatic N) is 1. The first-order chi connectivity index (χ1) is 12.9. The Morgan fingerprint density at radius 3 is 2.37 bits per heavy atom. The predicted molar refractivity (Wildman–Crippen MR) is 103 cm³/mol. The van der Waals surface area contributed by atoms with Crippen LogP contribution in [0.15, 0.2) is 52.5 Å². The van der Waals surface area contributed by atoms with Crippen molar-refractivity contribution in [3.8, 4) is 11.5 Å². The van der Waals surface area contributed by atoms with Gasteiger partial charge in [0.05, 0.1) is 24.8 Å². The van der Waals surface area contributed by atoms with Crippen molar-refractivity contribution >= 4 is 27.3 Å². The van der Waals surface area contributed by atoms with E-state index in [0.29, 0.717) is 35.7 Å². The Kier molecular flexibility index (Phi) is 7.44. The quantitative estimate of drug-likeness (QED) is 0.387. The molecule has 0 aliphatic heterocycles. The molecule has 9 heteroatoms. The molecule has 0 bridgehead atoms. The number of alkyl halides is 1. The molecule has 0 saturated carbocycles. The van der Waals surface area contributed by atoms with E-state index >= 15 is 0 Å². The van der Waals surface area contributed by atoms with Crippen LogP contribution in [0.4, 0.5) is 4.39 Å². The molecule has 6 nitrogen and oxygen atoms in total. The number of sulfonamides is 1. The average Bonchev–Trinajstić information content (AvgIpc) is 2.68. The predicted octanol–water partition coefficient (Wildman–Crippen LogP) is 3.54. The standard InChI is InChI=1S/C18H20ClFN2O4S/c1-25-17-10-9-15(12-18(17)26-2)27(23,24)22-21-16(4-3-11-19)13-5-7-14(20)8-6-13/h5-10,12,22H,3-4,11H2,1-2H3. The summed E-state index contributed by atoms with van der Waals surface area (Å²) in [5, 5.41) is 4.03. The molecule has 0 saturated heterocycles. The molecule has 146 valence electrons. The summed E-state index contributed by atoms with van der Waals surface area (Å²) in [5.41, 5.74) is 1.07. The molecule has 0 radical (unpaired) electrons. The highest BCUT2D eigenvalue weighted by atomic mass is 35.5. The number of ether oxygens (including phenoxy) is 2. The van der Waals surface area contributed by atoms with Gasteiger partial charge in [-0.15, -0.1) is 11.6 Å². The van der Waals surface area contributed by atoms with Crippen molar-refractivity contribution in [3.63, 3.8) is 0 Å². The fraction of sp³-hybridized carbons (Fsp3) is 0.278. The minimum Gasteiger partial charge on any atom is -0.493 e. The van der Waals surface area contributed by atoms with E-state index in [0.717, 1.165) is 0 Å². The summed E-state index contributed by atoms with van der Waals surface area (Å²) in [7, 11) is -1.06. The summed E-state index contributed by atoms with van der Waals surface area (Å²) in [6.07, 6.45) is 1.03. The van der Waals surface area contributed by atoms with Crippen LogP contribution in [0.5, 0.6) is 11.5 Å². The molecule has 0 atom stereocenters. The molecule has 0 aromatic heterocycles. The molecule has 0 amide bonds. The minimum atomic E-state index is -3.93. The van der Waals surface area contributed by atoms with Crippen molar-refractivity contribution in [2.24, 2.45) is 5.10 Å². The fourth-order valence-electron chi connectivity index (χ4n) is 2.29. The minimum absolute atomic E-state index is 0.0281. The van der Waals surface area contributed by atoms with Crippen LogP contribution < -0.4 is 14.3 Å². The highest BCUT2D eigenvalue weighted by molar-refractivity contribution is 7.89. The van der Waals surface area contributed by atoms with Crippen LogP contribution in [0, 0.1) is 5.82 Å². The van der Waals surface area contributed by atoms with Gasteiger partial charge in [0.15, 0.2) is 11.5 Å². The maximum atomic E-state index is 13.1. The second-order valence-electron chi connectivity index (χ2n) is 5.47. The number of hydrogen-bond acceptors (Lipinski definition) is 5. The number of benzene rings is 2. The van der Waals surface area contributed by atoms with Gasteiger partial charge in [-0.05, 0) is 42.7 Å². The van der Waals surface area contributed by atoms with Crippen LogP contribution in [0.25, 0.3) is 0 Å². The van der Waals surface area contributed by atoms with Crippen molar-refractivity contribution in [3.05, 3.63) is 53.8 Å². The van der Waals surface area contributed by atoms with Crippen molar-refractivity contribution in [2.45, 2.75) is 17.7 Å². The highest BCUT2D eigenvalue weighted by Crippen LogP contribution is 2.29. The Bertz CT molecular complexity index is 902. The fourth-order valence-corrected chi connectivity index (χ4v) is 3.27. The van der Waals surface area contributed by atoms with Gasteiger partial charge in [0.25, 0.3) is 10.0 Å². The number of methoxy groups -OCH3 is 2. The number of halogens is 2. The molecular formula is C18H20ClFN2O4S.